The van der Waals surface area contributed by atoms with Crippen molar-refractivity contribution in [2.75, 3.05) is 26.2 Å². The van der Waals surface area contributed by atoms with Crippen LogP contribution in [0.15, 0.2) is 48.5 Å². The lowest BCUT2D eigenvalue weighted by Crippen LogP contribution is -2.54. The zero-order valence-electron chi connectivity index (χ0n) is 15.3. The van der Waals surface area contributed by atoms with Crippen molar-refractivity contribution in [3.8, 4) is 5.75 Å². The molecule has 0 unspecified atom stereocenters. The van der Waals surface area contributed by atoms with Crippen molar-refractivity contribution in [2.24, 2.45) is 0 Å². The summed E-state index contributed by atoms with van der Waals surface area (Å²) in [6, 6.07) is 14.4. The molecule has 0 aromatic heterocycles. The van der Waals surface area contributed by atoms with E-state index < -0.39 is 0 Å². The SMILES string of the molecule is Cc1ccc(OCC(=O)N2CCN(Cc3ccc(F)cc3)C[C@H]2C)cc1. The van der Waals surface area contributed by atoms with Gasteiger partial charge in [0.25, 0.3) is 5.91 Å². The van der Waals surface area contributed by atoms with Gasteiger partial charge in [0.15, 0.2) is 6.61 Å². The first kappa shape index (κ1) is 18.4. The van der Waals surface area contributed by atoms with E-state index in [0.29, 0.717) is 12.3 Å². The van der Waals surface area contributed by atoms with Crippen LogP contribution in [0.3, 0.4) is 0 Å². The fourth-order valence-electron chi connectivity index (χ4n) is 3.26. The second-order valence-corrected chi connectivity index (χ2v) is 6.90. The molecule has 1 fully saturated rings. The van der Waals surface area contributed by atoms with Gasteiger partial charge in [-0.05, 0) is 43.7 Å². The fourth-order valence-corrected chi connectivity index (χ4v) is 3.26. The van der Waals surface area contributed by atoms with Crippen LogP contribution in [0.5, 0.6) is 5.75 Å². The van der Waals surface area contributed by atoms with Crippen LogP contribution in [0.2, 0.25) is 0 Å². The molecule has 3 rings (SSSR count). The van der Waals surface area contributed by atoms with Crippen LogP contribution in [0.4, 0.5) is 4.39 Å². The number of ether oxygens (including phenoxy) is 1. The maximum Gasteiger partial charge on any atom is 0.260 e. The summed E-state index contributed by atoms with van der Waals surface area (Å²) in [7, 11) is 0. The molecule has 1 saturated heterocycles. The average Bonchev–Trinajstić information content (AvgIpc) is 2.63. The summed E-state index contributed by atoms with van der Waals surface area (Å²) in [6.45, 7) is 7.19. The number of amides is 1. The summed E-state index contributed by atoms with van der Waals surface area (Å²) >= 11 is 0. The largest absolute Gasteiger partial charge is 0.484 e. The summed E-state index contributed by atoms with van der Waals surface area (Å²) in [6.07, 6.45) is 0. The standard InChI is InChI=1S/C21H25FN2O2/c1-16-3-9-20(10-4-16)26-15-21(25)24-12-11-23(13-17(24)2)14-18-5-7-19(22)8-6-18/h3-10,17H,11-15H2,1-2H3/t17-/m1/s1. The van der Waals surface area contributed by atoms with E-state index in [4.69, 9.17) is 4.74 Å². The molecular formula is C21H25FN2O2. The predicted octanol–water partition coefficient (Wildman–Crippen LogP) is 3.25. The number of carbonyl (C=O) groups is 1. The van der Waals surface area contributed by atoms with Crippen molar-refractivity contribution in [3.05, 3.63) is 65.5 Å². The first-order chi connectivity index (χ1) is 12.5. The predicted molar refractivity (Wildman–Crippen MR) is 99.5 cm³/mol. The minimum absolute atomic E-state index is 0.0134. The molecular weight excluding hydrogens is 331 g/mol. The van der Waals surface area contributed by atoms with Crippen LogP contribution >= 0.6 is 0 Å². The number of rotatable bonds is 5. The van der Waals surface area contributed by atoms with Crippen LogP contribution in [0, 0.1) is 12.7 Å². The quantitative estimate of drug-likeness (QED) is 0.824. The van der Waals surface area contributed by atoms with Crippen LogP contribution < -0.4 is 4.74 Å². The molecule has 1 aliphatic heterocycles. The minimum Gasteiger partial charge on any atom is -0.484 e. The highest BCUT2D eigenvalue weighted by molar-refractivity contribution is 5.78. The van der Waals surface area contributed by atoms with Crippen molar-refractivity contribution in [1.29, 1.82) is 0 Å². The number of nitrogens with zero attached hydrogens (tertiary/aromatic N) is 2. The summed E-state index contributed by atoms with van der Waals surface area (Å²) in [5.41, 5.74) is 2.25. The fraction of sp³-hybridized carbons (Fsp3) is 0.381. The molecule has 1 amide bonds. The Bertz CT molecular complexity index is 731. The Morgan fingerprint density at radius 2 is 1.81 bits per heavy atom. The summed E-state index contributed by atoms with van der Waals surface area (Å²) < 4.78 is 18.6. The lowest BCUT2D eigenvalue weighted by atomic mass is 10.1. The summed E-state index contributed by atoms with van der Waals surface area (Å²) in [5, 5.41) is 0. The maximum atomic E-state index is 13.0. The molecule has 1 atom stereocenters. The third kappa shape index (κ3) is 4.82. The Hall–Kier alpha value is -2.40. The average molecular weight is 356 g/mol. The molecule has 26 heavy (non-hydrogen) atoms. The zero-order chi connectivity index (χ0) is 18.5. The molecule has 0 spiro atoms. The van der Waals surface area contributed by atoms with Crippen molar-refractivity contribution in [1.82, 2.24) is 9.80 Å². The summed E-state index contributed by atoms with van der Waals surface area (Å²) in [5.74, 6) is 0.511. The van der Waals surface area contributed by atoms with Gasteiger partial charge in [-0.15, -0.1) is 0 Å². The van der Waals surface area contributed by atoms with Crippen molar-refractivity contribution in [2.45, 2.75) is 26.4 Å². The molecule has 1 aliphatic rings. The van der Waals surface area contributed by atoms with Gasteiger partial charge >= 0.3 is 0 Å². The van der Waals surface area contributed by atoms with Crippen molar-refractivity contribution in [3.63, 3.8) is 0 Å². The first-order valence-corrected chi connectivity index (χ1v) is 8.97. The van der Waals surface area contributed by atoms with Gasteiger partial charge in [0.2, 0.25) is 0 Å². The number of carbonyl (C=O) groups excluding carboxylic acids is 1. The zero-order valence-corrected chi connectivity index (χ0v) is 15.3. The van der Waals surface area contributed by atoms with Crippen LogP contribution in [0.25, 0.3) is 0 Å². The molecule has 0 bridgehead atoms. The van der Waals surface area contributed by atoms with E-state index in [1.165, 1.54) is 12.1 Å². The van der Waals surface area contributed by atoms with E-state index in [2.05, 4.69) is 11.8 Å². The molecule has 4 nitrogen and oxygen atoms in total. The van der Waals surface area contributed by atoms with Crippen molar-refractivity contribution < 1.29 is 13.9 Å². The molecule has 5 heteroatoms. The Kier molecular flexibility index (Phi) is 5.89. The van der Waals surface area contributed by atoms with Gasteiger partial charge in [-0.3, -0.25) is 9.69 Å². The topological polar surface area (TPSA) is 32.8 Å². The van der Waals surface area contributed by atoms with Crippen LogP contribution in [-0.4, -0.2) is 48.0 Å². The van der Waals surface area contributed by atoms with E-state index in [1.807, 2.05) is 48.2 Å². The molecule has 0 saturated carbocycles. The lowest BCUT2D eigenvalue weighted by molar-refractivity contribution is -0.138. The number of hydrogen-bond donors (Lipinski definition) is 0. The Labute approximate surface area is 154 Å². The number of hydrogen-bond acceptors (Lipinski definition) is 3. The van der Waals surface area contributed by atoms with E-state index in [1.54, 1.807) is 0 Å². The Morgan fingerprint density at radius 1 is 1.12 bits per heavy atom. The monoisotopic (exact) mass is 356 g/mol. The second-order valence-electron chi connectivity index (χ2n) is 6.90. The first-order valence-electron chi connectivity index (χ1n) is 8.97. The molecule has 0 aliphatic carbocycles. The third-order valence-corrected chi connectivity index (χ3v) is 4.73. The van der Waals surface area contributed by atoms with E-state index in [-0.39, 0.29) is 24.4 Å². The van der Waals surface area contributed by atoms with Crippen LogP contribution in [0.1, 0.15) is 18.1 Å². The van der Waals surface area contributed by atoms with Crippen LogP contribution in [-0.2, 0) is 11.3 Å². The smallest absolute Gasteiger partial charge is 0.260 e. The number of halogens is 1. The van der Waals surface area contributed by atoms with E-state index in [0.717, 1.165) is 30.8 Å². The molecule has 0 radical (unpaired) electrons. The normalized spacial score (nSPS) is 18.0. The van der Waals surface area contributed by atoms with Gasteiger partial charge in [-0.25, -0.2) is 4.39 Å². The lowest BCUT2D eigenvalue weighted by Gasteiger charge is -2.39. The highest BCUT2D eigenvalue weighted by Gasteiger charge is 2.27. The number of piperazine rings is 1. The maximum absolute atomic E-state index is 13.0. The van der Waals surface area contributed by atoms with Gasteiger partial charge in [0.1, 0.15) is 11.6 Å². The summed E-state index contributed by atoms with van der Waals surface area (Å²) in [4.78, 5) is 16.7. The van der Waals surface area contributed by atoms with Gasteiger partial charge in [0.05, 0.1) is 0 Å². The third-order valence-electron chi connectivity index (χ3n) is 4.73. The van der Waals surface area contributed by atoms with Gasteiger partial charge in [-0.2, -0.15) is 0 Å². The second kappa shape index (κ2) is 8.32. The molecule has 1 heterocycles. The Morgan fingerprint density at radius 3 is 2.46 bits per heavy atom. The molecule has 2 aromatic carbocycles. The van der Waals surface area contributed by atoms with Gasteiger partial charge in [0, 0.05) is 32.2 Å². The number of benzene rings is 2. The van der Waals surface area contributed by atoms with Gasteiger partial charge < -0.3 is 9.64 Å². The minimum atomic E-state index is -0.217. The Balaban J connectivity index is 1.49. The molecule has 2 aromatic rings. The number of aryl methyl sites for hydroxylation is 1. The highest BCUT2D eigenvalue weighted by atomic mass is 19.1. The molecule has 138 valence electrons. The van der Waals surface area contributed by atoms with Crippen molar-refractivity contribution >= 4 is 5.91 Å². The van der Waals surface area contributed by atoms with E-state index in [9.17, 15) is 9.18 Å². The molecule has 0 N–H and O–H groups in total. The van der Waals surface area contributed by atoms with E-state index >= 15 is 0 Å². The van der Waals surface area contributed by atoms with Gasteiger partial charge in [-0.1, -0.05) is 29.8 Å². The highest BCUT2D eigenvalue weighted by Crippen LogP contribution is 2.15.